The van der Waals surface area contributed by atoms with E-state index in [1.165, 1.54) is 5.56 Å². The molecule has 17 heavy (non-hydrogen) atoms. The van der Waals surface area contributed by atoms with E-state index in [-0.39, 0.29) is 0 Å². The molecule has 0 aromatic carbocycles. The van der Waals surface area contributed by atoms with Gasteiger partial charge in [-0.25, -0.2) is 0 Å². The molecule has 0 amide bonds. The smallest absolute Gasteiger partial charge is 0.105 e. The molecule has 1 aromatic heterocycles. The van der Waals surface area contributed by atoms with E-state index >= 15 is 0 Å². The van der Waals surface area contributed by atoms with Gasteiger partial charge in [0.15, 0.2) is 0 Å². The van der Waals surface area contributed by atoms with Gasteiger partial charge in [-0.15, -0.1) is 0 Å². The van der Waals surface area contributed by atoms with Crippen molar-refractivity contribution in [3.8, 4) is 0 Å². The van der Waals surface area contributed by atoms with Gasteiger partial charge in [-0.3, -0.25) is 0 Å². The van der Waals surface area contributed by atoms with Crippen LogP contribution in [-0.4, -0.2) is 19.3 Å². The van der Waals surface area contributed by atoms with Crippen LogP contribution in [0.15, 0.2) is 10.5 Å². The van der Waals surface area contributed by atoms with E-state index in [0.717, 1.165) is 31.1 Å². The van der Waals surface area contributed by atoms with Crippen LogP contribution in [0.1, 0.15) is 43.4 Å². The summed E-state index contributed by atoms with van der Waals surface area (Å²) in [7, 11) is 0. The molecule has 0 bridgehead atoms. The SMILES string of the molecule is CCNC(c1cc(C)oc1C)C1CCOC1C. The Bertz CT molecular complexity index is 372. The minimum Gasteiger partial charge on any atom is -0.466 e. The highest BCUT2D eigenvalue weighted by Gasteiger charge is 2.33. The normalized spacial score (nSPS) is 26.4. The summed E-state index contributed by atoms with van der Waals surface area (Å²) in [4.78, 5) is 0. The molecule has 0 saturated carbocycles. The number of aryl methyl sites for hydroxylation is 2. The van der Waals surface area contributed by atoms with Crippen molar-refractivity contribution in [3.05, 3.63) is 23.2 Å². The van der Waals surface area contributed by atoms with Crippen molar-refractivity contribution in [2.75, 3.05) is 13.2 Å². The van der Waals surface area contributed by atoms with Crippen LogP contribution in [0.2, 0.25) is 0 Å². The molecule has 3 nitrogen and oxygen atoms in total. The highest BCUT2D eigenvalue weighted by Crippen LogP contribution is 2.35. The van der Waals surface area contributed by atoms with Gasteiger partial charge in [0.1, 0.15) is 11.5 Å². The minimum absolute atomic E-state index is 0.327. The number of nitrogens with one attached hydrogen (secondary N) is 1. The van der Waals surface area contributed by atoms with Gasteiger partial charge >= 0.3 is 0 Å². The third-order valence-corrected chi connectivity index (χ3v) is 3.70. The lowest BCUT2D eigenvalue weighted by atomic mass is 9.88. The van der Waals surface area contributed by atoms with Gasteiger partial charge in [-0.1, -0.05) is 6.92 Å². The fourth-order valence-corrected chi connectivity index (χ4v) is 2.86. The Morgan fingerprint density at radius 2 is 2.24 bits per heavy atom. The Morgan fingerprint density at radius 1 is 1.47 bits per heavy atom. The van der Waals surface area contributed by atoms with Crippen molar-refractivity contribution < 1.29 is 9.15 Å². The summed E-state index contributed by atoms with van der Waals surface area (Å²) in [5.41, 5.74) is 1.30. The topological polar surface area (TPSA) is 34.4 Å². The van der Waals surface area contributed by atoms with E-state index in [0.29, 0.717) is 18.1 Å². The third-order valence-electron chi connectivity index (χ3n) is 3.70. The summed E-state index contributed by atoms with van der Waals surface area (Å²) >= 11 is 0. The van der Waals surface area contributed by atoms with E-state index in [1.807, 2.05) is 13.8 Å². The van der Waals surface area contributed by atoms with Gasteiger partial charge in [-0.05, 0) is 39.8 Å². The van der Waals surface area contributed by atoms with E-state index in [9.17, 15) is 0 Å². The van der Waals surface area contributed by atoms with Crippen LogP contribution < -0.4 is 5.32 Å². The zero-order valence-corrected chi connectivity index (χ0v) is 11.2. The van der Waals surface area contributed by atoms with Gasteiger partial charge < -0.3 is 14.5 Å². The zero-order chi connectivity index (χ0) is 12.4. The lowest BCUT2D eigenvalue weighted by molar-refractivity contribution is 0.0954. The highest BCUT2D eigenvalue weighted by atomic mass is 16.5. The van der Waals surface area contributed by atoms with Crippen molar-refractivity contribution in [1.29, 1.82) is 0 Å². The molecule has 0 radical (unpaired) electrons. The Kier molecular flexibility index (Phi) is 3.89. The monoisotopic (exact) mass is 237 g/mol. The molecule has 1 aromatic rings. The second-order valence-corrected chi connectivity index (χ2v) is 4.93. The quantitative estimate of drug-likeness (QED) is 0.874. The molecule has 3 heteroatoms. The fourth-order valence-electron chi connectivity index (χ4n) is 2.86. The first-order valence-corrected chi connectivity index (χ1v) is 6.55. The maximum absolute atomic E-state index is 5.69. The summed E-state index contributed by atoms with van der Waals surface area (Å²) in [6.07, 6.45) is 1.45. The van der Waals surface area contributed by atoms with Crippen molar-refractivity contribution in [3.63, 3.8) is 0 Å². The van der Waals surface area contributed by atoms with Crippen LogP contribution in [0.4, 0.5) is 0 Å². The summed E-state index contributed by atoms with van der Waals surface area (Å²) in [6.45, 7) is 10.2. The Balaban J connectivity index is 2.25. The molecule has 0 aliphatic carbocycles. The standard InChI is InChI=1S/C14H23NO2/c1-5-15-14(12-6-7-16-10(12)3)13-8-9(2)17-11(13)4/h8,10,12,14-15H,5-7H2,1-4H3. The molecule has 2 heterocycles. The van der Waals surface area contributed by atoms with Crippen molar-refractivity contribution in [2.24, 2.45) is 5.92 Å². The first-order chi connectivity index (χ1) is 8.13. The predicted octanol–water partition coefficient (Wildman–Crippen LogP) is 2.97. The molecule has 96 valence electrons. The van der Waals surface area contributed by atoms with Gasteiger partial charge in [0.05, 0.1) is 6.10 Å². The van der Waals surface area contributed by atoms with Gasteiger partial charge in [0, 0.05) is 24.1 Å². The lowest BCUT2D eigenvalue weighted by Gasteiger charge is -2.26. The minimum atomic E-state index is 0.327. The van der Waals surface area contributed by atoms with Crippen LogP contribution in [0.5, 0.6) is 0 Å². The molecule has 1 N–H and O–H groups in total. The molecule has 1 aliphatic heterocycles. The Hall–Kier alpha value is -0.800. The van der Waals surface area contributed by atoms with Crippen LogP contribution in [-0.2, 0) is 4.74 Å². The van der Waals surface area contributed by atoms with Crippen LogP contribution in [0.3, 0.4) is 0 Å². The van der Waals surface area contributed by atoms with Crippen molar-refractivity contribution >= 4 is 0 Å². The third kappa shape index (κ3) is 2.55. The number of ether oxygens (including phenoxy) is 1. The number of hydrogen-bond acceptors (Lipinski definition) is 3. The van der Waals surface area contributed by atoms with Gasteiger partial charge in [0.25, 0.3) is 0 Å². The summed E-state index contributed by atoms with van der Waals surface area (Å²) < 4.78 is 11.3. The molecule has 2 rings (SSSR count). The number of furan rings is 1. The molecule has 0 spiro atoms. The Morgan fingerprint density at radius 3 is 2.71 bits per heavy atom. The van der Waals surface area contributed by atoms with E-state index < -0.39 is 0 Å². The van der Waals surface area contributed by atoms with E-state index in [4.69, 9.17) is 9.15 Å². The average Bonchev–Trinajstić information content (AvgIpc) is 2.82. The first kappa shape index (κ1) is 12.7. The van der Waals surface area contributed by atoms with Gasteiger partial charge in [-0.2, -0.15) is 0 Å². The number of hydrogen-bond donors (Lipinski definition) is 1. The first-order valence-electron chi connectivity index (χ1n) is 6.55. The zero-order valence-electron chi connectivity index (χ0n) is 11.2. The summed E-state index contributed by atoms with van der Waals surface area (Å²) in [6, 6.07) is 2.52. The Labute approximate surface area is 104 Å². The maximum atomic E-state index is 5.69. The lowest BCUT2D eigenvalue weighted by Crippen LogP contribution is -2.32. The molecule has 3 atom stereocenters. The van der Waals surface area contributed by atoms with Crippen molar-refractivity contribution in [2.45, 2.75) is 46.3 Å². The molecule has 1 fully saturated rings. The predicted molar refractivity (Wildman–Crippen MR) is 68.1 cm³/mol. The fraction of sp³-hybridized carbons (Fsp3) is 0.714. The van der Waals surface area contributed by atoms with Crippen LogP contribution in [0, 0.1) is 19.8 Å². The largest absolute Gasteiger partial charge is 0.466 e. The molecule has 1 saturated heterocycles. The number of rotatable bonds is 4. The van der Waals surface area contributed by atoms with E-state index in [2.05, 4.69) is 25.2 Å². The van der Waals surface area contributed by atoms with Crippen LogP contribution >= 0.6 is 0 Å². The van der Waals surface area contributed by atoms with Gasteiger partial charge in [0.2, 0.25) is 0 Å². The average molecular weight is 237 g/mol. The van der Waals surface area contributed by atoms with Crippen LogP contribution in [0.25, 0.3) is 0 Å². The highest BCUT2D eigenvalue weighted by molar-refractivity contribution is 5.25. The summed E-state index contributed by atoms with van der Waals surface area (Å²) in [5, 5.41) is 3.59. The summed E-state index contributed by atoms with van der Waals surface area (Å²) in [5.74, 6) is 2.57. The second-order valence-electron chi connectivity index (χ2n) is 4.93. The van der Waals surface area contributed by atoms with E-state index in [1.54, 1.807) is 0 Å². The molecule has 3 unspecified atom stereocenters. The van der Waals surface area contributed by atoms with Crippen molar-refractivity contribution in [1.82, 2.24) is 5.32 Å². The molecular formula is C14H23NO2. The molecule has 1 aliphatic rings. The second kappa shape index (κ2) is 5.23. The molecular weight excluding hydrogens is 214 g/mol. The maximum Gasteiger partial charge on any atom is 0.105 e.